The Morgan fingerprint density at radius 1 is 1.64 bits per heavy atom. The van der Waals surface area contributed by atoms with Crippen LogP contribution in [0.15, 0.2) is 10.8 Å². The molecule has 0 radical (unpaired) electrons. The second-order valence-corrected chi connectivity index (χ2v) is 3.23. The minimum Gasteiger partial charge on any atom is -0.494 e. The van der Waals surface area contributed by atoms with Gasteiger partial charge in [0.25, 0.3) is 6.43 Å². The number of halogens is 3. The van der Waals surface area contributed by atoms with E-state index in [0.717, 1.165) is 6.20 Å². The van der Waals surface area contributed by atoms with Gasteiger partial charge in [-0.15, -0.1) is 0 Å². The molecule has 1 N–H and O–H groups in total. The second-order valence-electron chi connectivity index (χ2n) is 2.47. The smallest absolute Gasteiger partial charge is 0.265 e. The Balaban J connectivity index is 3.33. The van der Waals surface area contributed by atoms with Crippen molar-refractivity contribution in [2.75, 3.05) is 7.11 Å². The minimum atomic E-state index is -2.67. The average molecular weight is 268 g/mol. The lowest BCUT2D eigenvalue weighted by atomic mass is 10.1. The number of ether oxygens (including phenoxy) is 1. The van der Waals surface area contributed by atoms with Crippen LogP contribution in [0.25, 0.3) is 0 Å². The molecule has 0 aliphatic carbocycles. The molecule has 0 fully saturated rings. The van der Waals surface area contributed by atoms with Crippen LogP contribution in [-0.2, 0) is 6.61 Å². The third-order valence-corrected chi connectivity index (χ3v) is 2.29. The van der Waals surface area contributed by atoms with Gasteiger partial charge in [0.1, 0.15) is 4.60 Å². The number of aliphatic hydroxyl groups excluding tert-OH is 1. The van der Waals surface area contributed by atoms with E-state index >= 15 is 0 Å². The number of hydrogen-bond acceptors (Lipinski definition) is 3. The standard InChI is InChI=1S/C8H8BrF2NO2/c1-14-6-5(3-13)4(8(10)11)2-12-7(6)9/h2,8,13H,3H2,1H3. The van der Waals surface area contributed by atoms with Crippen LogP contribution in [0.5, 0.6) is 5.75 Å². The van der Waals surface area contributed by atoms with Crippen molar-refractivity contribution in [3.63, 3.8) is 0 Å². The molecule has 78 valence electrons. The predicted octanol–water partition coefficient (Wildman–Crippen LogP) is 2.28. The molecule has 1 aromatic rings. The maximum atomic E-state index is 12.4. The highest BCUT2D eigenvalue weighted by Gasteiger charge is 2.19. The van der Waals surface area contributed by atoms with E-state index in [-0.39, 0.29) is 16.9 Å². The largest absolute Gasteiger partial charge is 0.494 e. The molecule has 0 spiro atoms. The van der Waals surface area contributed by atoms with E-state index in [9.17, 15) is 8.78 Å². The fourth-order valence-corrected chi connectivity index (χ4v) is 1.58. The van der Waals surface area contributed by atoms with E-state index in [1.54, 1.807) is 0 Å². The number of pyridine rings is 1. The molecule has 0 saturated carbocycles. The van der Waals surface area contributed by atoms with Crippen molar-refractivity contribution in [3.05, 3.63) is 21.9 Å². The summed E-state index contributed by atoms with van der Waals surface area (Å²) in [5.74, 6) is 0.144. The van der Waals surface area contributed by atoms with E-state index in [1.807, 2.05) is 0 Å². The normalized spacial score (nSPS) is 10.7. The first-order chi connectivity index (χ1) is 6.61. The topological polar surface area (TPSA) is 42.4 Å². The molecule has 0 aliphatic heterocycles. The third-order valence-electron chi connectivity index (χ3n) is 1.72. The number of nitrogens with zero attached hydrogens (tertiary/aromatic N) is 1. The van der Waals surface area contributed by atoms with Gasteiger partial charge in [0, 0.05) is 17.3 Å². The van der Waals surface area contributed by atoms with Crippen LogP contribution in [0.2, 0.25) is 0 Å². The monoisotopic (exact) mass is 267 g/mol. The Kier molecular flexibility index (Phi) is 3.77. The number of methoxy groups -OCH3 is 1. The molecule has 6 heteroatoms. The molecule has 0 amide bonds. The molecule has 0 saturated heterocycles. The lowest BCUT2D eigenvalue weighted by molar-refractivity contribution is 0.145. The van der Waals surface area contributed by atoms with Crippen molar-refractivity contribution in [1.82, 2.24) is 4.98 Å². The first-order valence-electron chi connectivity index (χ1n) is 3.72. The molecule has 1 heterocycles. The van der Waals surface area contributed by atoms with Gasteiger partial charge in [0.05, 0.1) is 13.7 Å². The highest BCUT2D eigenvalue weighted by molar-refractivity contribution is 9.10. The van der Waals surface area contributed by atoms with Crippen LogP contribution >= 0.6 is 15.9 Å². The third kappa shape index (κ3) is 2.01. The summed E-state index contributed by atoms with van der Waals surface area (Å²) in [5, 5.41) is 8.94. The Hall–Kier alpha value is -0.750. The van der Waals surface area contributed by atoms with Crippen molar-refractivity contribution < 1.29 is 18.6 Å². The van der Waals surface area contributed by atoms with Crippen LogP contribution < -0.4 is 4.74 Å². The molecule has 0 aromatic carbocycles. The van der Waals surface area contributed by atoms with Gasteiger partial charge in [-0.3, -0.25) is 0 Å². The summed E-state index contributed by atoms with van der Waals surface area (Å²) in [6.45, 7) is -0.510. The molecule has 0 bridgehead atoms. The van der Waals surface area contributed by atoms with Crippen LogP contribution in [0.3, 0.4) is 0 Å². The summed E-state index contributed by atoms with van der Waals surface area (Å²) in [6, 6.07) is 0. The molecule has 1 aromatic heterocycles. The van der Waals surface area contributed by atoms with Gasteiger partial charge in [-0.05, 0) is 15.9 Å². The van der Waals surface area contributed by atoms with Gasteiger partial charge in [0.15, 0.2) is 5.75 Å². The fourth-order valence-electron chi connectivity index (χ4n) is 1.08. The van der Waals surface area contributed by atoms with Crippen LogP contribution in [0, 0.1) is 0 Å². The van der Waals surface area contributed by atoms with Crippen LogP contribution in [0.1, 0.15) is 17.6 Å². The Morgan fingerprint density at radius 3 is 2.71 bits per heavy atom. The summed E-state index contributed by atoms with van der Waals surface area (Å²) in [6.07, 6.45) is -1.66. The molecular formula is C8H8BrF2NO2. The SMILES string of the molecule is COc1c(Br)ncc(C(F)F)c1CO. The van der Waals surface area contributed by atoms with Crippen molar-refractivity contribution in [2.45, 2.75) is 13.0 Å². The van der Waals surface area contributed by atoms with Gasteiger partial charge < -0.3 is 9.84 Å². The summed E-state index contributed by atoms with van der Waals surface area (Å²) in [5.41, 5.74) is -0.253. The van der Waals surface area contributed by atoms with E-state index in [0.29, 0.717) is 4.60 Å². The van der Waals surface area contributed by atoms with Crippen molar-refractivity contribution in [1.29, 1.82) is 0 Å². The zero-order valence-electron chi connectivity index (χ0n) is 7.30. The average Bonchev–Trinajstić information content (AvgIpc) is 2.16. The summed E-state index contributed by atoms with van der Waals surface area (Å²) >= 11 is 3.04. The van der Waals surface area contributed by atoms with E-state index in [4.69, 9.17) is 9.84 Å². The lowest BCUT2D eigenvalue weighted by Crippen LogP contribution is -2.01. The zero-order chi connectivity index (χ0) is 10.7. The second kappa shape index (κ2) is 4.65. The maximum absolute atomic E-state index is 12.4. The number of hydrogen-bond donors (Lipinski definition) is 1. The Bertz CT molecular complexity index is 333. The van der Waals surface area contributed by atoms with E-state index < -0.39 is 13.0 Å². The van der Waals surface area contributed by atoms with Crippen LogP contribution in [0.4, 0.5) is 8.78 Å². The fraction of sp³-hybridized carbons (Fsp3) is 0.375. The van der Waals surface area contributed by atoms with Gasteiger partial charge in [-0.1, -0.05) is 0 Å². The predicted molar refractivity (Wildman–Crippen MR) is 49.4 cm³/mol. The van der Waals surface area contributed by atoms with Gasteiger partial charge in [0.2, 0.25) is 0 Å². The number of aromatic nitrogens is 1. The number of aliphatic hydroxyl groups is 1. The Morgan fingerprint density at radius 2 is 2.29 bits per heavy atom. The van der Waals surface area contributed by atoms with Crippen molar-refractivity contribution in [2.24, 2.45) is 0 Å². The highest BCUT2D eigenvalue weighted by atomic mass is 79.9. The molecule has 14 heavy (non-hydrogen) atoms. The Labute approximate surface area is 87.9 Å². The number of alkyl halides is 2. The summed E-state index contributed by atoms with van der Waals surface area (Å²) in [4.78, 5) is 3.68. The molecule has 0 aliphatic rings. The molecule has 0 atom stereocenters. The molecule has 1 rings (SSSR count). The molecular weight excluding hydrogens is 260 g/mol. The summed E-state index contributed by atoms with van der Waals surface area (Å²) < 4.78 is 30.0. The minimum absolute atomic E-state index is 0.0596. The highest BCUT2D eigenvalue weighted by Crippen LogP contribution is 2.33. The van der Waals surface area contributed by atoms with Gasteiger partial charge in [-0.25, -0.2) is 13.8 Å². The lowest BCUT2D eigenvalue weighted by Gasteiger charge is -2.11. The first-order valence-corrected chi connectivity index (χ1v) is 4.51. The maximum Gasteiger partial charge on any atom is 0.265 e. The van der Waals surface area contributed by atoms with Crippen molar-refractivity contribution in [3.8, 4) is 5.75 Å². The van der Waals surface area contributed by atoms with Crippen LogP contribution in [-0.4, -0.2) is 17.2 Å². The van der Waals surface area contributed by atoms with Crippen molar-refractivity contribution >= 4 is 15.9 Å². The molecule has 0 unspecified atom stereocenters. The van der Waals surface area contributed by atoms with E-state index in [1.165, 1.54) is 7.11 Å². The quantitative estimate of drug-likeness (QED) is 0.855. The molecule has 3 nitrogen and oxygen atoms in total. The van der Waals surface area contributed by atoms with Gasteiger partial charge >= 0.3 is 0 Å². The first kappa shape index (κ1) is 11.3. The number of rotatable bonds is 3. The van der Waals surface area contributed by atoms with E-state index in [2.05, 4.69) is 20.9 Å². The summed E-state index contributed by atoms with van der Waals surface area (Å²) in [7, 11) is 1.33. The zero-order valence-corrected chi connectivity index (χ0v) is 8.88. The van der Waals surface area contributed by atoms with Gasteiger partial charge in [-0.2, -0.15) is 0 Å².